The molecule has 0 aliphatic carbocycles. The summed E-state index contributed by atoms with van der Waals surface area (Å²) in [6, 6.07) is 17.6. The van der Waals surface area contributed by atoms with Gasteiger partial charge in [0, 0.05) is 18.8 Å². The van der Waals surface area contributed by atoms with Crippen molar-refractivity contribution >= 4 is 17.3 Å². The van der Waals surface area contributed by atoms with E-state index in [1.54, 1.807) is 0 Å². The smallest absolute Gasteiger partial charge is 0.255 e. The molecule has 1 aliphatic rings. The number of nitrogens with one attached hydrogen (secondary N) is 1. The van der Waals surface area contributed by atoms with Crippen molar-refractivity contribution in [3.8, 4) is 0 Å². The van der Waals surface area contributed by atoms with E-state index in [4.69, 9.17) is 5.73 Å². The Morgan fingerprint density at radius 2 is 1.83 bits per heavy atom. The molecule has 1 fully saturated rings. The van der Waals surface area contributed by atoms with Gasteiger partial charge in [-0.05, 0) is 49.1 Å². The number of carbonyl (C=O) groups excluding carboxylic acids is 1. The fraction of sp³-hybridized carbons (Fsp3) is 0.350. The molecule has 0 radical (unpaired) electrons. The molecule has 126 valence electrons. The lowest BCUT2D eigenvalue weighted by atomic mass is 9.95. The number of amides is 1. The molecule has 0 spiro atoms. The molecule has 2 aromatic rings. The molecule has 1 heterocycles. The highest BCUT2D eigenvalue weighted by Gasteiger charge is 2.32. The largest absolute Gasteiger partial charge is 0.355 e. The maximum atomic E-state index is 13.0. The third-order valence-electron chi connectivity index (χ3n) is 4.80. The van der Waals surface area contributed by atoms with Gasteiger partial charge >= 0.3 is 0 Å². The average Bonchev–Trinajstić information content (AvgIpc) is 2.97. The van der Waals surface area contributed by atoms with Crippen LogP contribution >= 0.6 is 0 Å². The van der Waals surface area contributed by atoms with Gasteiger partial charge in [0.05, 0.1) is 11.3 Å². The average molecular weight is 323 g/mol. The normalized spacial score (nSPS) is 20.2. The van der Waals surface area contributed by atoms with Gasteiger partial charge in [0.25, 0.3) is 5.91 Å². The number of para-hydroxylation sites is 2. The van der Waals surface area contributed by atoms with Crippen molar-refractivity contribution in [3.63, 3.8) is 0 Å². The SMILES string of the molecule is C[C@@H]1CN(C(=O)c2ccccc2Nc2ccccc2)C[C@H]1CCN. The van der Waals surface area contributed by atoms with E-state index in [2.05, 4.69) is 12.2 Å². The quantitative estimate of drug-likeness (QED) is 0.885. The van der Waals surface area contributed by atoms with Crippen LogP contribution in [-0.2, 0) is 0 Å². The number of carbonyl (C=O) groups is 1. The lowest BCUT2D eigenvalue weighted by molar-refractivity contribution is 0.0785. The standard InChI is InChI=1S/C20H25N3O/c1-15-13-23(14-16(15)11-12-21)20(24)18-9-5-6-10-19(18)22-17-7-3-2-4-8-17/h2-10,15-16,22H,11-14,21H2,1H3/t15-,16-/m1/s1. The van der Waals surface area contributed by atoms with Crippen LogP contribution in [0.1, 0.15) is 23.7 Å². The van der Waals surface area contributed by atoms with Gasteiger partial charge in [-0.2, -0.15) is 0 Å². The fourth-order valence-corrected chi connectivity index (χ4v) is 3.42. The molecule has 4 heteroatoms. The Morgan fingerprint density at radius 1 is 1.12 bits per heavy atom. The van der Waals surface area contributed by atoms with Crippen molar-refractivity contribution in [1.82, 2.24) is 4.90 Å². The molecule has 0 unspecified atom stereocenters. The number of anilines is 2. The predicted molar refractivity (Wildman–Crippen MR) is 98.4 cm³/mol. The first-order valence-electron chi connectivity index (χ1n) is 8.59. The van der Waals surface area contributed by atoms with Gasteiger partial charge in [0.1, 0.15) is 0 Å². The Bertz CT molecular complexity index is 686. The van der Waals surface area contributed by atoms with Crippen LogP contribution in [0, 0.1) is 11.8 Å². The van der Waals surface area contributed by atoms with E-state index in [0.29, 0.717) is 18.4 Å². The third kappa shape index (κ3) is 3.60. The maximum Gasteiger partial charge on any atom is 0.255 e. The second kappa shape index (κ2) is 7.49. The molecule has 4 nitrogen and oxygen atoms in total. The van der Waals surface area contributed by atoms with E-state index < -0.39 is 0 Å². The highest BCUT2D eigenvalue weighted by molar-refractivity contribution is 6.00. The molecular formula is C20H25N3O. The molecule has 2 aromatic carbocycles. The summed E-state index contributed by atoms with van der Waals surface area (Å²) in [4.78, 5) is 15.0. The number of nitrogens with zero attached hydrogens (tertiary/aromatic N) is 1. The first kappa shape index (κ1) is 16.5. The zero-order valence-electron chi connectivity index (χ0n) is 14.1. The molecule has 1 saturated heterocycles. The second-order valence-electron chi connectivity index (χ2n) is 6.56. The van der Waals surface area contributed by atoms with E-state index in [-0.39, 0.29) is 5.91 Å². The summed E-state index contributed by atoms with van der Waals surface area (Å²) in [5.41, 5.74) is 8.25. The van der Waals surface area contributed by atoms with Crippen molar-refractivity contribution in [2.45, 2.75) is 13.3 Å². The van der Waals surface area contributed by atoms with Gasteiger partial charge in [-0.1, -0.05) is 37.3 Å². The zero-order chi connectivity index (χ0) is 16.9. The Balaban J connectivity index is 1.78. The Morgan fingerprint density at radius 3 is 2.58 bits per heavy atom. The van der Waals surface area contributed by atoms with E-state index >= 15 is 0 Å². The summed E-state index contributed by atoms with van der Waals surface area (Å²) in [7, 11) is 0. The summed E-state index contributed by atoms with van der Waals surface area (Å²) in [6.07, 6.45) is 0.981. The highest BCUT2D eigenvalue weighted by Crippen LogP contribution is 2.29. The van der Waals surface area contributed by atoms with Gasteiger partial charge < -0.3 is 16.0 Å². The number of hydrogen-bond acceptors (Lipinski definition) is 3. The van der Waals surface area contributed by atoms with E-state index in [9.17, 15) is 4.79 Å². The van der Waals surface area contributed by atoms with Crippen LogP contribution in [0.3, 0.4) is 0 Å². The minimum atomic E-state index is 0.0976. The molecule has 3 rings (SSSR count). The van der Waals surface area contributed by atoms with E-state index in [0.717, 1.165) is 36.4 Å². The number of benzene rings is 2. The van der Waals surface area contributed by atoms with Crippen LogP contribution in [0.25, 0.3) is 0 Å². The first-order chi connectivity index (χ1) is 11.7. The molecule has 0 bridgehead atoms. The highest BCUT2D eigenvalue weighted by atomic mass is 16.2. The van der Waals surface area contributed by atoms with Crippen LogP contribution in [0.4, 0.5) is 11.4 Å². The van der Waals surface area contributed by atoms with Gasteiger partial charge in [0.2, 0.25) is 0 Å². The molecule has 24 heavy (non-hydrogen) atoms. The number of hydrogen-bond donors (Lipinski definition) is 2. The summed E-state index contributed by atoms with van der Waals surface area (Å²) >= 11 is 0. The summed E-state index contributed by atoms with van der Waals surface area (Å²) in [5.74, 6) is 1.11. The number of nitrogens with two attached hydrogens (primary N) is 1. The Labute approximate surface area is 143 Å². The molecular weight excluding hydrogens is 298 g/mol. The molecule has 0 saturated carbocycles. The maximum absolute atomic E-state index is 13.0. The topological polar surface area (TPSA) is 58.4 Å². The van der Waals surface area contributed by atoms with Gasteiger partial charge in [-0.25, -0.2) is 0 Å². The second-order valence-corrected chi connectivity index (χ2v) is 6.56. The molecule has 0 aromatic heterocycles. The molecule has 1 aliphatic heterocycles. The summed E-state index contributed by atoms with van der Waals surface area (Å²) in [6.45, 7) is 4.50. The fourth-order valence-electron chi connectivity index (χ4n) is 3.42. The summed E-state index contributed by atoms with van der Waals surface area (Å²) < 4.78 is 0. The van der Waals surface area contributed by atoms with E-state index in [1.807, 2.05) is 59.5 Å². The lowest BCUT2D eigenvalue weighted by Gasteiger charge is -2.19. The summed E-state index contributed by atoms with van der Waals surface area (Å²) in [5, 5.41) is 3.36. The third-order valence-corrected chi connectivity index (χ3v) is 4.80. The zero-order valence-corrected chi connectivity index (χ0v) is 14.1. The van der Waals surface area contributed by atoms with Crippen molar-refractivity contribution in [2.24, 2.45) is 17.6 Å². The Kier molecular flexibility index (Phi) is 5.16. The van der Waals surface area contributed by atoms with Crippen molar-refractivity contribution < 1.29 is 4.79 Å². The molecule has 1 amide bonds. The van der Waals surface area contributed by atoms with Gasteiger partial charge in [-0.3, -0.25) is 4.79 Å². The van der Waals surface area contributed by atoms with Gasteiger partial charge in [-0.15, -0.1) is 0 Å². The van der Waals surface area contributed by atoms with Crippen molar-refractivity contribution in [2.75, 3.05) is 25.0 Å². The van der Waals surface area contributed by atoms with Crippen molar-refractivity contribution in [1.29, 1.82) is 0 Å². The van der Waals surface area contributed by atoms with Crippen LogP contribution in [-0.4, -0.2) is 30.4 Å². The molecule has 2 atom stereocenters. The lowest BCUT2D eigenvalue weighted by Crippen LogP contribution is -2.29. The van der Waals surface area contributed by atoms with Gasteiger partial charge in [0.15, 0.2) is 0 Å². The predicted octanol–water partition coefficient (Wildman–Crippen LogP) is 3.49. The van der Waals surface area contributed by atoms with Crippen molar-refractivity contribution in [3.05, 3.63) is 60.2 Å². The van der Waals surface area contributed by atoms with E-state index in [1.165, 1.54) is 0 Å². The molecule has 3 N–H and O–H groups in total. The van der Waals surface area contributed by atoms with Crippen LogP contribution in [0.2, 0.25) is 0 Å². The monoisotopic (exact) mass is 323 g/mol. The van der Waals surface area contributed by atoms with Crippen LogP contribution < -0.4 is 11.1 Å². The minimum Gasteiger partial charge on any atom is -0.355 e. The van der Waals surface area contributed by atoms with Crippen LogP contribution in [0.5, 0.6) is 0 Å². The number of rotatable bonds is 5. The minimum absolute atomic E-state index is 0.0976. The first-order valence-corrected chi connectivity index (χ1v) is 8.59. The number of likely N-dealkylation sites (tertiary alicyclic amines) is 1. The Hall–Kier alpha value is -2.33. The van der Waals surface area contributed by atoms with Crippen LogP contribution in [0.15, 0.2) is 54.6 Å².